The molecule has 0 aromatic heterocycles. The van der Waals surface area contributed by atoms with Crippen LogP contribution in [0.15, 0.2) is 22.7 Å². The normalized spacial score (nSPS) is 21.3. The van der Waals surface area contributed by atoms with Crippen LogP contribution in [0.2, 0.25) is 5.02 Å². The highest BCUT2D eigenvalue weighted by Gasteiger charge is 2.27. The molecule has 0 aliphatic carbocycles. The molecule has 3 nitrogen and oxygen atoms in total. The van der Waals surface area contributed by atoms with Crippen molar-refractivity contribution < 1.29 is 4.79 Å². The minimum absolute atomic E-state index is 0.0498. The van der Waals surface area contributed by atoms with Gasteiger partial charge in [-0.05, 0) is 31.0 Å². The summed E-state index contributed by atoms with van der Waals surface area (Å²) in [6.07, 6.45) is 1.66. The fraction of sp³-hybridized carbons (Fsp3) is 0.364. The van der Waals surface area contributed by atoms with E-state index in [1.54, 1.807) is 11.0 Å². The van der Waals surface area contributed by atoms with Crippen molar-refractivity contribution in [1.29, 1.82) is 0 Å². The molecule has 2 N–H and O–H groups in total. The Balaban J connectivity index is 2.35. The molecule has 1 atom stereocenters. The van der Waals surface area contributed by atoms with Gasteiger partial charge >= 0.3 is 0 Å². The maximum Gasteiger partial charge on any atom is 0.243 e. The molecule has 0 radical (unpaired) electrons. The number of amides is 1. The van der Waals surface area contributed by atoms with Crippen molar-refractivity contribution >= 4 is 39.1 Å². The number of halogens is 2. The average molecular weight is 304 g/mol. The number of carbonyl (C=O) groups is 1. The molecule has 1 aliphatic heterocycles. The SMILES string of the molecule is NC1CCCN(c2cc(Br)ccc2Cl)C1=O. The summed E-state index contributed by atoms with van der Waals surface area (Å²) in [5.74, 6) is -0.0498. The highest BCUT2D eigenvalue weighted by atomic mass is 79.9. The van der Waals surface area contributed by atoms with Crippen LogP contribution in [-0.2, 0) is 4.79 Å². The molecule has 16 heavy (non-hydrogen) atoms. The van der Waals surface area contributed by atoms with Gasteiger partial charge in [0.05, 0.1) is 16.8 Å². The molecular weight excluding hydrogens is 291 g/mol. The second-order valence-electron chi connectivity index (χ2n) is 3.83. The van der Waals surface area contributed by atoms with Gasteiger partial charge in [0.25, 0.3) is 0 Å². The van der Waals surface area contributed by atoms with E-state index in [1.165, 1.54) is 0 Å². The van der Waals surface area contributed by atoms with Crippen LogP contribution in [0.4, 0.5) is 5.69 Å². The van der Waals surface area contributed by atoms with Gasteiger partial charge in [-0.25, -0.2) is 0 Å². The van der Waals surface area contributed by atoms with Crippen molar-refractivity contribution in [2.75, 3.05) is 11.4 Å². The molecule has 1 aromatic carbocycles. The molecule has 1 saturated heterocycles. The molecule has 1 aromatic rings. The Kier molecular flexibility index (Phi) is 3.52. The summed E-state index contributed by atoms with van der Waals surface area (Å²) in [6, 6.07) is 5.07. The second kappa shape index (κ2) is 4.73. The van der Waals surface area contributed by atoms with Gasteiger partial charge in [-0.1, -0.05) is 27.5 Å². The Bertz CT molecular complexity index is 424. The minimum atomic E-state index is -0.399. The Morgan fingerprint density at radius 3 is 3.00 bits per heavy atom. The third-order valence-electron chi connectivity index (χ3n) is 2.68. The van der Waals surface area contributed by atoms with Crippen LogP contribution in [0, 0.1) is 0 Å². The van der Waals surface area contributed by atoms with E-state index in [2.05, 4.69) is 15.9 Å². The van der Waals surface area contributed by atoms with Gasteiger partial charge in [0.1, 0.15) is 0 Å². The van der Waals surface area contributed by atoms with Crippen LogP contribution in [0.3, 0.4) is 0 Å². The van der Waals surface area contributed by atoms with Crippen LogP contribution in [0.5, 0.6) is 0 Å². The average Bonchev–Trinajstić information content (AvgIpc) is 2.26. The van der Waals surface area contributed by atoms with E-state index < -0.39 is 6.04 Å². The number of rotatable bonds is 1. The number of anilines is 1. The zero-order valence-electron chi connectivity index (χ0n) is 8.62. The van der Waals surface area contributed by atoms with E-state index in [4.69, 9.17) is 17.3 Å². The standard InChI is InChI=1S/C11H12BrClN2O/c12-7-3-4-8(13)10(6-7)15-5-1-2-9(14)11(15)16/h3-4,6,9H,1-2,5,14H2. The van der Waals surface area contributed by atoms with E-state index in [9.17, 15) is 4.79 Å². The van der Waals surface area contributed by atoms with Crippen LogP contribution in [0.1, 0.15) is 12.8 Å². The van der Waals surface area contributed by atoms with Crippen LogP contribution >= 0.6 is 27.5 Å². The van der Waals surface area contributed by atoms with E-state index in [0.717, 1.165) is 23.0 Å². The molecule has 1 amide bonds. The molecule has 0 saturated carbocycles. The van der Waals surface area contributed by atoms with Crippen molar-refractivity contribution in [3.63, 3.8) is 0 Å². The molecular formula is C11H12BrClN2O. The third-order valence-corrected chi connectivity index (χ3v) is 3.49. The number of nitrogens with two attached hydrogens (primary N) is 1. The smallest absolute Gasteiger partial charge is 0.243 e. The zero-order valence-corrected chi connectivity index (χ0v) is 11.0. The second-order valence-corrected chi connectivity index (χ2v) is 5.16. The lowest BCUT2D eigenvalue weighted by Crippen LogP contribution is -2.48. The van der Waals surface area contributed by atoms with E-state index >= 15 is 0 Å². The van der Waals surface area contributed by atoms with Crippen molar-refractivity contribution in [3.8, 4) is 0 Å². The van der Waals surface area contributed by atoms with Gasteiger partial charge < -0.3 is 10.6 Å². The first-order chi connectivity index (χ1) is 7.59. The summed E-state index contributed by atoms with van der Waals surface area (Å²) >= 11 is 9.46. The lowest BCUT2D eigenvalue weighted by molar-refractivity contribution is -0.120. The van der Waals surface area contributed by atoms with Crippen molar-refractivity contribution in [2.24, 2.45) is 5.73 Å². The number of nitrogens with zero attached hydrogens (tertiary/aromatic N) is 1. The zero-order chi connectivity index (χ0) is 11.7. The molecule has 1 aliphatic rings. The van der Waals surface area contributed by atoms with E-state index in [0.29, 0.717) is 11.6 Å². The van der Waals surface area contributed by atoms with E-state index in [-0.39, 0.29) is 5.91 Å². The predicted octanol–water partition coefficient (Wildman–Crippen LogP) is 2.56. The summed E-state index contributed by atoms with van der Waals surface area (Å²) in [6.45, 7) is 0.683. The maximum atomic E-state index is 11.9. The van der Waals surface area contributed by atoms with Crippen LogP contribution in [-0.4, -0.2) is 18.5 Å². The highest BCUT2D eigenvalue weighted by Crippen LogP contribution is 2.31. The van der Waals surface area contributed by atoms with Gasteiger partial charge in [0, 0.05) is 11.0 Å². The molecule has 0 bridgehead atoms. The molecule has 1 heterocycles. The van der Waals surface area contributed by atoms with Gasteiger partial charge in [0.2, 0.25) is 5.91 Å². The molecule has 2 rings (SSSR count). The van der Waals surface area contributed by atoms with Crippen molar-refractivity contribution in [2.45, 2.75) is 18.9 Å². The molecule has 0 spiro atoms. The summed E-state index contributed by atoms with van der Waals surface area (Å²) in [5, 5.41) is 0.575. The number of hydrogen-bond donors (Lipinski definition) is 1. The third kappa shape index (κ3) is 2.24. The van der Waals surface area contributed by atoms with E-state index in [1.807, 2.05) is 12.1 Å². The van der Waals surface area contributed by atoms with Gasteiger partial charge in [-0.15, -0.1) is 0 Å². The predicted molar refractivity (Wildman–Crippen MR) is 68.7 cm³/mol. The monoisotopic (exact) mass is 302 g/mol. The quantitative estimate of drug-likeness (QED) is 0.866. The van der Waals surface area contributed by atoms with Gasteiger partial charge in [-0.3, -0.25) is 4.79 Å². The lowest BCUT2D eigenvalue weighted by atomic mass is 10.0. The Hall–Kier alpha value is -0.580. The molecule has 1 fully saturated rings. The summed E-state index contributed by atoms with van der Waals surface area (Å²) in [7, 11) is 0. The Labute approximate surface area is 108 Å². The number of benzene rings is 1. The first-order valence-corrected chi connectivity index (χ1v) is 6.28. The summed E-state index contributed by atoms with van der Waals surface area (Å²) < 4.78 is 0.902. The Morgan fingerprint density at radius 2 is 2.25 bits per heavy atom. The van der Waals surface area contributed by atoms with Crippen LogP contribution < -0.4 is 10.6 Å². The lowest BCUT2D eigenvalue weighted by Gasteiger charge is -2.31. The Morgan fingerprint density at radius 1 is 1.50 bits per heavy atom. The fourth-order valence-electron chi connectivity index (χ4n) is 1.83. The molecule has 86 valence electrons. The summed E-state index contributed by atoms with van der Waals surface area (Å²) in [5.41, 5.74) is 6.48. The number of piperidine rings is 1. The van der Waals surface area contributed by atoms with Crippen LogP contribution in [0.25, 0.3) is 0 Å². The number of carbonyl (C=O) groups excluding carboxylic acids is 1. The first-order valence-electron chi connectivity index (χ1n) is 5.11. The fourth-order valence-corrected chi connectivity index (χ4v) is 2.40. The summed E-state index contributed by atoms with van der Waals surface area (Å²) in [4.78, 5) is 13.6. The van der Waals surface area contributed by atoms with Gasteiger partial charge in [0.15, 0.2) is 0 Å². The first kappa shape index (κ1) is 11.9. The number of hydrogen-bond acceptors (Lipinski definition) is 2. The molecule has 1 unspecified atom stereocenters. The topological polar surface area (TPSA) is 46.3 Å². The largest absolute Gasteiger partial charge is 0.320 e. The van der Waals surface area contributed by atoms with Crippen molar-refractivity contribution in [3.05, 3.63) is 27.7 Å². The minimum Gasteiger partial charge on any atom is -0.320 e. The highest BCUT2D eigenvalue weighted by molar-refractivity contribution is 9.10. The maximum absolute atomic E-state index is 11.9. The van der Waals surface area contributed by atoms with Gasteiger partial charge in [-0.2, -0.15) is 0 Å². The van der Waals surface area contributed by atoms with Crippen molar-refractivity contribution in [1.82, 2.24) is 0 Å². The molecule has 5 heteroatoms.